The number of nitrogens with two attached hydrogens (primary N) is 4. The molecule has 1 rings (SSSR count). The quantitative estimate of drug-likeness (QED) is 0.0449. The molecule has 13 nitrogen and oxygen atoms in total. The molecule has 1 aromatic carbocycles. The predicted molar refractivity (Wildman–Crippen MR) is 150 cm³/mol. The first kappa shape index (κ1) is 32.6. The summed E-state index contributed by atoms with van der Waals surface area (Å²) in [6.07, 6.45) is 2.08. The fraction of sp³-hybridized carbons (Fsp3) is 0.462. The molecule has 0 aliphatic carbocycles. The summed E-state index contributed by atoms with van der Waals surface area (Å²) in [5.74, 6) is -3.98. The molecule has 0 fully saturated rings. The highest BCUT2D eigenvalue weighted by Crippen LogP contribution is 2.21. The van der Waals surface area contributed by atoms with Crippen LogP contribution in [0.2, 0.25) is 0 Å². The van der Waals surface area contributed by atoms with E-state index in [0.717, 1.165) is 0 Å². The Morgan fingerprint density at radius 2 is 1.62 bits per heavy atom. The summed E-state index contributed by atoms with van der Waals surface area (Å²) in [6, 6.07) is 4.48. The third-order valence-electron chi connectivity index (χ3n) is 5.78. The summed E-state index contributed by atoms with van der Waals surface area (Å²) in [5, 5.41) is 15.5. The van der Waals surface area contributed by atoms with Crippen LogP contribution in [0, 0.1) is 16.7 Å². The molecule has 0 saturated heterocycles. The van der Waals surface area contributed by atoms with Crippen molar-refractivity contribution in [1.82, 2.24) is 16.0 Å². The zero-order valence-electron chi connectivity index (χ0n) is 22.8. The Morgan fingerprint density at radius 1 is 1.00 bits per heavy atom. The maximum Gasteiger partial charge on any atom is 0.243 e. The summed E-state index contributed by atoms with van der Waals surface area (Å²) < 4.78 is 0. The number of aliphatic imine (C=N–C) groups is 1. The van der Waals surface area contributed by atoms with E-state index in [0.29, 0.717) is 17.5 Å². The van der Waals surface area contributed by atoms with E-state index in [9.17, 15) is 19.2 Å². The molecule has 4 amide bonds. The average molecular weight is 544 g/mol. The molecule has 1 aromatic rings. The highest BCUT2D eigenvalue weighted by molar-refractivity contribution is 6.02. The topological polar surface area (TPSA) is 245 Å². The van der Waals surface area contributed by atoms with Crippen LogP contribution in [0.3, 0.4) is 0 Å². The highest BCUT2D eigenvalue weighted by atomic mass is 16.2. The first-order valence-electron chi connectivity index (χ1n) is 12.4. The van der Waals surface area contributed by atoms with E-state index in [1.54, 1.807) is 45.0 Å². The van der Waals surface area contributed by atoms with Crippen LogP contribution in [-0.4, -0.2) is 60.6 Å². The lowest BCUT2D eigenvalue weighted by molar-refractivity contribution is -0.139. The fourth-order valence-corrected chi connectivity index (χ4v) is 3.62. The zero-order valence-corrected chi connectivity index (χ0v) is 22.8. The van der Waals surface area contributed by atoms with Crippen LogP contribution >= 0.6 is 0 Å². The van der Waals surface area contributed by atoms with Crippen molar-refractivity contribution in [3.05, 3.63) is 48.0 Å². The van der Waals surface area contributed by atoms with Gasteiger partial charge in [0.1, 0.15) is 23.8 Å². The van der Waals surface area contributed by atoms with Gasteiger partial charge in [0.25, 0.3) is 0 Å². The molecule has 39 heavy (non-hydrogen) atoms. The van der Waals surface area contributed by atoms with Crippen molar-refractivity contribution < 1.29 is 19.2 Å². The lowest BCUT2D eigenvalue weighted by atomic mass is 9.85. The number of amides is 4. The zero-order chi connectivity index (χ0) is 29.8. The van der Waals surface area contributed by atoms with Gasteiger partial charge in [0, 0.05) is 18.7 Å². The Bertz CT molecular complexity index is 1070. The van der Waals surface area contributed by atoms with Gasteiger partial charge < -0.3 is 38.9 Å². The van der Waals surface area contributed by atoms with Crippen LogP contribution in [0.25, 0.3) is 0 Å². The summed E-state index contributed by atoms with van der Waals surface area (Å²) >= 11 is 0. The lowest BCUT2D eigenvalue weighted by Crippen LogP contribution is -2.59. The van der Waals surface area contributed by atoms with Crippen LogP contribution < -0.4 is 38.9 Å². The van der Waals surface area contributed by atoms with Crippen LogP contribution in [0.1, 0.15) is 44.7 Å². The van der Waals surface area contributed by atoms with Gasteiger partial charge in [0.15, 0.2) is 5.96 Å². The van der Waals surface area contributed by atoms with E-state index in [-0.39, 0.29) is 37.7 Å². The van der Waals surface area contributed by atoms with E-state index in [1.807, 2.05) is 0 Å². The number of benzene rings is 1. The number of nitrogen functional groups attached to an aromatic ring is 1. The van der Waals surface area contributed by atoms with E-state index in [4.69, 9.17) is 28.3 Å². The number of carbonyl (C=O) groups excluding carboxylic acids is 4. The molecule has 214 valence electrons. The van der Waals surface area contributed by atoms with E-state index in [1.165, 1.54) is 6.08 Å². The van der Waals surface area contributed by atoms with Gasteiger partial charge in [-0.3, -0.25) is 29.6 Å². The van der Waals surface area contributed by atoms with Crippen LogP contribution in [0.4, 0.5) is 0 Å². The molecular formula is C26H41N9O4. The van der Waals surface area contributed by atoms with Gasteiger partial charge >= 0.3 is 0 Å². The summed E-state index contributed by atoms with van der Waals surface area (Å²) in [7, 11) is 0. The van der Waals surface area contributed by atoms with Crippen molar-refractivity contribution in [3.63, 3.8) is 0 Å². The van der Waals surface area contributed by atoms with Gasteiger partial charge in [-0.2, -0.15) is 0 Å². The van der Waals surface area contributed by atoms with E-state index >= 15 is 0 Å². The smallest absolute Gasteiger partial charge is 0.243 e. The first-order chi connectivity index (χ1) is 18.2. The van der Waals surface area contributed by atoms with Gasteiger partial charge in [-0.25, -0.2) is 0 Å². The number of primary amides is 1. The predicted octanol–water partition coefficient (Wildman–Crippen LogP) is -1.01. The van der Waals surface area contributed by atoms with Crippen molar-refractivity contribution in [3.8, 4) is 0 Å². The number of hydrogen-bond donors (Lipinski definition) is 8. The monoisotopic (exact) mass is 543 g/mol. The van der Waals surface area contributed by atoms with Crippen LogP contribution in [-0.2, 0) is 25.6 Å². The number of carbonyl (C=O) groups is 4. The minimum absolute atomic E-state index is 0.0280. The number of nitrogens with zero attached hydrogens (tertiary/aromatic N) is 1. The second-order valence-corrected chi connectivity index (χ2v) is 10.1. The van der Waals surface area contributed by atoms with Crippen molar-refractivity contribution in [2.24, 2.45) is 39.3 Å². The molecular weight excluding hydrogens is 502 g/mol. The number of rotatable bonds is 15. The molecule has 12 N–H and O–H groups in total. The van der Waals surface area contributed by atoms with Crippen LogP contribution in [0.5, 0.6) is 0 Å². The van der Waals surface area contributed by atoms with Gasteiger partial charge in [0.2, 0.25) is 23.6 Å². The lowest BCUT2D eigenvalue weighted by Gasteiger charge is -2.32. The molecule has 0 aliphatic rings. The minimum Gasteiger partial charge on any atom is -0.384 e. The average Bonchev–Trinajstić information content (AvgIpc) is 2.85. The van der Waals surface area contributed by atoms with Gasteiger partial charge in [-0.15, -0.1) is 6.58 Å². The van der Waals surface area contributed by atoms with Crippen molar-refractivity contribution in [2.75, 3.05) is 13.1 Å². The normalized spacial score (nSPS) is 13.2. The summed E-state index contributed by atoms with van der Waals surface area (Å²) in [4.78, 5) is 55.4. The molecule has 0 aliphatic heterocycles. The SMILES string of the molecule is C=CCNC(=O)C(Cc1ccc(C(=N)N)cc1)C(=O)N[C@H](C(=O)N[C@@H](CCCN=C(N)N)C(N)=O)C(C)(C)C. The summed E-state index contributed by atoms with van der Waals surface area (Å²) in [6.45, 7) is 9.18. The Balaban J connectivity index is 3.13. The molecule has 1 unspecified atom stereocenters. The maximum absolute atomic E-state index is 13.4. The molecule has 0 radical (unpaired) electrons. The van der Waals surface area contributed by atoms with Gasteiger partial charge in [-0.1, -0.05) is 51.1 Å². The maximum atomic E-state index is 13.4. The highest BCUT2D eigenvalue weighted by Gasteiger charge is 2.37. The molecule has 13 heteroatoms. The largest absolute Gasteiger partial charge is 0.384 e. The second-order valence-electron chi connectivity index (χ2n) is 10.1. The van der Waals surface area contributed by atoms with Crippen molar-refractivity contribution >= 4 is 35.4 Å². The second kappa shape index (κ2) is 15.1. The molecule has 0 heterocycles. The minimum atomic E-state index is -1.18. The first-order valence-corrected chi connectivity index (χ1v) is 12.4. The van der Waals surface area contributed by atoms with Gasteiger partial charge in [0.05, 0.1) is 0 Å². The Kier molecular flexibility index (Phi) is 12.6. The molecule has 3 atom stereocenters. The number of amidine groups is 1. The van der Waals surface area contributed by atoms with E-state index < -0.39 is 47.0 Å². The standard InChI is InChI=1S/C26H41N9O4/c1-5-12-32-22(37)17(14-15-8-10-16(11-9-15)20(27)28)23(38)35-19(26(2,3)4)24(39)34-18(21(29)36)7-6-13-33-25(30)31/h5,8-11,17-19H,1,6-7,12-14H2,2-4H3,(H3,27,28)(H2,29,36)(H,32,37)(H,34,39)(H,35,38)(H4,30,31,33)/t17?,18-,19+/m0/s1. The van der Waals surface area contributed by atoms with E-state index in [2.05, 4.69) is 27.5 Å². The van der Waals surface area contributed by atoms with Crippen molar-refractivity contribution in [2.45, 2.75) is 52.1 Å². The third kappa shape index (κ3) is 11.2. The van der Waals surface area contributed by atoms with Crippen LogP contribution in [0.15, 0.2) is 41.9 Å². The number of guanidine groups is 1. The summed E-state index contributed by atoms with van der Waals surface area (Å²) in [5.41, 5.74) is 22.0. The molecule has 0 saturated carbocycles. The Morgan fingerprint density at radius 3 is 2.10 bits per heavy atom. The Labute approximate surface area is 228 Å². The fourth-order valence-electron chi connectivity index (χ4n) is 3.62. The number of hydrogen-bond acceptors (Lipinski definition) is 6. The molecule has 0 bridgehead atoms. The molecule has 0 aromatic heterocycles. The van der Waals surface area contributed by atoms with Crippen molar-refractivity contribution in [1.29, 1.82) is 5.41 Å². The third-order valence-corrected chi connectivity index (χ3v) is 5.78. The van der Waals surface area contributed by atoms with Gasteiger partial charge in [-0.05, 0) is 30.2 Å². The Hall–Kier alpha value is -4.42. The number of nitrogens with one attached hydrogen (secondary N) is 4. The molecule has 0 spiro atoms.